The van der Waals surface area contributed by atoms with Gasteiger partial charge in [0, 0.05) is 11.8 Å². The molecule has 2 aromatic heterocycles. The third kappa shape index (κ3) is 1.71. The number of esters is 1. The van der Waals surface area contributed by atoms with E-state index in [9.17, 15) is 4.79 Å². The second kappa shape index (κ2) is 3.91. The van der Waals surface area contributed by atoms with Gasteiger partial charge >= 0.3 is 5.97 Å². The van der Waals surface area contributed by atoms with Gasteiger partial charge in [-0.2, -0.15) is 0 Å². The standard InChI is InChI=1S/C10H9N3O2/c1-15-10(14)9-7(3-2-4-12-9)8-5-11-6-13-8/h2-6H,1H3,(H,11,13). The summed E-state index contributed by atoms with van der Waals surface area (Å²) in [7, 11) is 1.33. The van der Waals surface area contributed by atoms with E-state index in [4.69, 9.17) is 0 Å². The highest BCUT2D eigenvalue weighted by molar-refractivity contribution is 5.94. The Labute approximate surface area is 86.1 Å². The van der Waals surface area contributed by atoms with E-state index < -0.39 is 5.97 Å². The van der Waals surface area contributed by atoms with Crippen molar-refractivity contribution in [2.24, 2.45) is 0 Å². The number of hydrogen-bond acceptors (Lipinski definition) is 4. The summed E-state index contributed by atoms with van der Waals surface area (Å²) in [4.78, 5) is 22.2. The number of aromatic nitrogens is 3. The number of nitrogens with one attached hydrogen (secondary N) is 1. The van der Waals surface area contributed by atoms with Gasteiger partial charge in [0.1, 0.15) is 0 Å². The van der Waals surface area contributed by atoms with E-state index in [0.29, 0.717) is 5.56 Å². The van der Waals surface area contributed by atoms with Crippen LogP contribution in [0.1, 0.15) is 10.5 Å². The van der Waals surface area contributed by atoms with Crippen LogP contribution < -0.4 is 0 Å². The van der Waals surface area contributed by atoms with Crippen LogP contribution in [-0.4, -0.2) is 28.0 Å². The number of rotatable bonds is 2. The summed E-state index contributed by atoms with van der Waals surface area (Å²) >= 11 is 0. The van der Waals surface area contributed by atoms with Gasteiger partial charge in [0.2, 0.25) is 0 Å². The van der Waals surface area contributed by atoms with Crippen molar-refractivity contribution in [2.45, 2.75) is 0 Å². The lowest BCUT2D eigenvalue weighted by Crippen LogP contribution is -2.06. The first-order valence-electron chi connectivity index (χ1n) is 4.35. The minimum atomic E-state index is -0.458. The number of carbonyl (C=O) groups excluding carboxylic acids is 1. The number of aromatic amines is 1. The molecule has 0 aliphatic rings. The van der Waals surface area contributed by atoms with E-state index in [0.717, 1.165) is 5.69 Å². The molecule has 5 heteroatoms. The van der Waals surface area contributed by atoms with E-state index in [1.807, 2.05) is 0 Å². The molecule has 76 valence electrons. The zero-order valence-corrected chi connectivity index (χ0v) is 8.10. The topological polar surface area (TPSA) is 67.9 Å². The molecule has 0 aliphatic heterocycles. The van der Waals surface area contributed by atoms with Gasteiger partial charge in [0.25, 0.3) is 0 Å². The van der Waals surface area contributed by atoms with E-state index >= 15 is 0 Å². The normalized spacial score (nSPS) is 9.93. The summed E-state index contributed by atoms with van der Waals surface area (Å²) < 4.78 is 4.64. The quantitative estimate of drug-likeness (QED) is 0.746. The van der Waals surface area contributed by atoms with Gasteiger partial charge < -0.3 is 9.72 Å². The lowest BCUT2D eigenvalue weighted by molar-refractivity contribution is 0.0595. The van der Waals surface area contributed by atoms with Crippen LogP contribution >= 0.6 is 0 Å². The van der Waals surface area contributed by atoms with Crippen molar-refractivity contribution in [3.05, 3.63) is 36.5 Å². The van der Waals surface area contributed by atoms with E-state index in [1.165, 1.54) is 7.11 Å². The molecule has 0 unspecified atom stereocenters. The van der Waals surface area contributed by atoms with Crippen molar-refractivity contribution in [3.8, 4) is 11.3 Å². The maximum Gasteiger partial charge on any atom is 0.357 e. The molecule has 0 amide bonds. The van der Waals surface area contributed by atoms with Gasteiger partial charge in [-0.15, -0.1) is 0 Å². The van der Waals surface area contributed by atoms with Crippen molar-refractivity contribution in [1.29, 1.82) is 0 Å². The van der Waals surface area contributed by atoms with Gasteiger partial charge in [-0.05, 0) is 12.1 Å². The fourth-order valence-electron chi connectivity index (χ4n) is 1.29. The second-order valence-electron chi connectivity index (χ2n) is 2.86. The molecule has 0 fully saturated rings. The highest BCUT2D eigenvalue weighted by atomic mass is 16.5. The van der Waals surface area contributed by atoms with Crippen LogP contribution in [0.5, 0.6) is 0 Å². The lowest BCUT2D eigenvalue weighted by Gasteiger charge is -2.03. The lowest BCUT2D eigenvalue weighted by atomic mass is 10.1. The zero-order chi connectivity index (χ0) is 10.7. The molecule has 0 atom stereocenters. The Morgan fingerprint density at radius 2 is 2.40 bits per heavy atom. The van der Waals surface area contributed by atoms with Crippen molar-refractivity contribution >= 4 is 5.97 Å². The van der Waals surface area contributed by atoms with Crippen LogP contribution in [0.25, 0.3) is 11.3 Å². The fourth-order valence-corrected chi connectivity index (χ4v) is 1.29. The number of H-pyrrole nitrogens is 1. The Morgan fingerprint density at radius 3 is 3.07 bits per heavy atom. The smallest absolute Gasteiger partial charge is 0.357 e. The molecule has 0 radical (unpaired) electrons. The molecule has 2 aromatic rings. The highest BCUT2D eigenvalue weighted by Gasteiger charge is 2.14. The number of pyridine rings is 1. The molecule has 0 spiro atoms. The fraction of sp³-hybridized carbons (Fsp3) is 0.100. The largest absolute Gasteiger partial charge is 0.464 e. The van der Waals surface area contributed by atoms with Crippen LogP contribution in [0.2, 0.25) is 0 Å². The molecule has 0 saturated carbocycles. The van der Waals surface area contributed by atoms with Crippen LogP contribution in [-0.2, 0) is 4.74 Å². The SMILES string of the molecule is COC(=O)c1ncccc1-c1cnc[nH]1. The van der Waals surface area contributed by atoms with Crippen molar-refractivity contribution < 1.29 is 9.53 Å². The van der Waals surface area contributed by atoms with Gasteiger partial charge in [0.15, 0.2) is 5.69 Å². The number of hydrogen-bond donors (Lipinski definition) is 1. The number of nitrogens with zero attached hydrogens (tertiary/aromatic N) is 2. The predicted molar refractivity (Wildman–Crippen MR) is 53.2 cm³/mol. The molecule has 2 heterocycles. The van der Waals surface area contributed by atoms with Gasteiger partial charge in [0.05, 0.1) is 25.3 Å². The number of imidazole rings is 1. The summed E-state index contributed by atoms with van der Waals surface area (Å²) in [5, 5.41) is 0. The average Bonchev–Trinajstić information content (AvgIpc) is 2.81. The molecule has 5 nitrogen and oxygen atoms in total. The summed E-state index contributed by atoms with van der Waals surface area (Å²) in [6, 6.07) is 3.54. The Morgan fingerprint density at radius 1 is 1.53 bits per heavy atom. The Balaban J connectivity index is 2.52. The van der Waals surface area contributed by atoms with Crippen LogP contribution in [0.3, 0.4) is 0 Å². The maximum atomic E-state index is 11.4. The molecule has 0 aliphatic carbocycles. The number of carbonyl (C=O) groups is 1. The Hall–Kier alpha value is -2.17. The molecule has 2 rings (SSSR count). The molecule has 0 saturated heterocycles. The van der Waals surface area contributed by atoms with Gasteiger partial charge in [-0.1, -0.05) is 0 Å². The van der Waals surface area contributed by atoms with Gasteiger partial charge in [-0.25, -0.2) is 14.8 Å². The molecule has 0 aromatic carbocycles. The minimum Gasteiger partial charge on any atom is -0.464 e. The maximum absolute atomic E-state index is 11.4. The summed E-state index contributed by atoms with van der Waals surface area (Å²) in [5.74, 6) is -0.458. The summed E-state index contributed by atoms with van der Waals surface area (Å²) in [6.45, 7) is 0. The third-order valence-electron chi connectivity index (χ3n) is 1.97. The summed E-state index contributed by atoms with van der Waals surface area (Å²) in [5.41, 5.74) is 1.70. The van der Waals surface area contributed by atoms with Crippen LogP contribution in [0.4, 0.5) is 0 Å². The molecule has 15 heavy (non-hydrogen) atoms. The molecular weight excluding hydrogens is 194 g/mol. The van der Waals surface area contributed by atoms with E-state index in [1.54, 1.807) is 30.9 Å². The number of ether oxygens (including phenoxy) is 1. The highest BCUT2D eigenvalue weighted by Crippen LogP contribution is 2.19. The van der Waals surface area contributed by atoms with Crippen molar-refractivity contribution in [1.82, 2.24) is 15.0 Å². The molecular formula is C10H9N3O2. The minimum absolute atomic E-state index is 0.282. The van der Waals surface area contributed by atoms with Crippen LogP contribution in [0, 0.1) is 0 Å². The Bertz CT molecular complexity index is 465. The predicted octanol–water partition coefficient (Wildman–Crippen LogP) is 1.26. The molecule has 1 N–H and O–H groups in total. The Kier molecular flexibility index (Phi) is 2.45. The summed E-state index contributed by atoms with van der Waals surface area (Å²) in [6.07, 6.45) is 4.72. The van der Waals surface area contributed by atoms with Crippen LogP contribution in [0.15, 0.2) is 30.9 Å². The van der Waals surface area contributed by atoms with E-state index in [-0.39, 0.29) is 5.69 Å². The van der Waals surface area contributed by atoms with Crippen molar-refractivity contribution in [2.75, 3.05) is 7.11 Å². The van der Waals surface area contributed by atoms with E-state index in [2.05, 4.69) is 19.7 Å². The zero-order valence-electron chi connectivity index (χ0n) is 8.10. The molecule has 0 bridgehead atoms. The first kappa shape index (κ1) is 9.39. The average molecular weight is 203 g/mol. The monoisotopic (exact) mass is 203 g/mol. The number of methoxy groups -OCH3 is 1. The second-order valence-corrected chi connectivity index (χ2v) is 2.86. The first-order valence-corrected chi connectivity index (χ1v) is 4.35. The van der Waals surface area contributed by atoms with Gasteiger partial charge in [-0.3, -0.25) is 0 Å². The first-order chi connectivity index (χ1) is 7.33. The third-order valence-corrected chi connectivity index (χ3v) is 1.97. The van der Waals surface area contributed by atoms with Crippen molar-refractivity contribution in [3.63, 3.8) is 0 Å².